The molecule has 2 aliphatic heterocycles. The van der Waals surface area contributed by atoms with E-state index in [4.69, 9.17) is 16.3 Å². The Balaban J connectivity index is 1.54. The summed E-state index contributed by atoms with van der Waals surface area (Å²) in [5, 5.41) is 0.644. The van der Waals surface area contributed by atoms with Crippen molar-refractivity contribution in [2.24, 2.45) is 5.92 Å². The van der Waals surface area contributed by atoms with Crippen molar-refractivity contribution in [1.82, 2.24) is 8.87 Å². The fourth-order valence-electron chi connectivity index (χ4n) is 4.94. The molecule has 2 aromatic carbocycles. The Morgan fingerprint density at radius 3 is 2.34 bits per heavy atom. The molecular formula is C24H23ClN2O4S. The summed E-state index contributed by atoms with van der Waals surface area (Å²) in [6.45, 7) is 1.26. The van der Waals surface area contributed by atoms with Crippen molar-refractivity contribution in [3.63, 3.8) is 0 Å². The first kappa shape index (κ1) is 21.2. The maximum atomic E-state index is 13.4. The molecule has 2 bridgehead atoms. The normalized spacial score (nSPS) is 20.6. The van der Waals surface area contributed by atoms with Gasteiger partial charge in [-0.25, -0.2) is 8.42 Å². The van der Waals surface area contributed by atoms with Crippen LogP contribution in [0.15, 0.2) is 70.4 Å². The van der Waals surface area contributed by atoms with Gasteiger partial charge >= 0.3 is 0 Å². The van der Waals surface area contributed by atoms with Crippen LogP contribution in [0.4, 0.5) is 0 Å². The number of benzene rings is 2. The minimum Gasteiger partial charge on any atom is -0.497 e. The minimum atomic E-state index is -3.65. The Morgan fingerprint density at radius 1 is 0.938 bits per heavy atom. The fourth-order valence-corrected chi connectivity index (χ4v) is 6.63. The first-order valence-corrected chi connectivity index (χ1v) is 12.3. The lowest BCUT2D eigenvalue weighted by Gasteiger charge is -2.42. The molecular weight excluding hydrogens is 448 g/mol. The summed E-state index contributed by atoms with van der Waals surface area (Å²) in [5.74, 6) is 0.642. The highest BCUT2D eigenvalue weighted by Crippen LogP contribution is 2.41. The van der Waals surface area contributed by atoms with Crippen molar-refractivity contribution in [1.29, 1.82) is 0 Å². The topological polar surface area (TPSA) is 68.6 Å². The summed E-state index contributed by atoms with van der Waals surface area (Å²) in [4.78, 5) is 12.9. The Hall–Kier alpha value is -2.61. The van der Waals surface area contributed by atoms with Gasteiger partial charge in [0, 0.05) is 47.9 Å². The van der Waals surface area contributed by atoms with Crippen LogP contribution in [0.2, 0.25) is 5.02 Å². The molecule has 5 rings (SSSR count). The van der Waals surface area contributed by atoms with Crippen molar-refractivity contribution in [3.8, 4) is 16.9 Å². The van der Waals surface area contributed by atoms with Crippen LogP contribution in [0.3, 0.4) is 0 Å². The van der Waals surface area contributed by atoms with Crippen LogP contribution in [0.5, 0.6) is 5.75 Å². The first-order chi connectivity index (χ1) is 15.4. The molecule has 0 amide bonds. The predicted molar refractivity (Wildman–Crippen MR) is 124 cm³/mol. The molecule has 1 fully saturated rings. The highest BCUT2D eigenvalue weighted by atomic mass is 35.5. The molecule has 0 unspecified atom stereocenters. The molecule has 166 valence electrons. The van der Waals surface area contributed by atoms with Crippen molar-refractivity contribution >= 4 is 21.6 Å². The van der Waals surface area contributed by atoms with Gasteiger partial charge < -0.3 is 9.30 Å². The number of methoxy groups -OCH3 is 1. The van der Waals surface area contributed by atoms with Crippen LogP contribution in [0.25, 0.3) is 11.1 Å². The van der Waals surface area contributed by atoms with E-state index in [0.29, 0.717) is 30.4 Å². The third-order valence-corrected chi connectivity index (χ3v) is 8.51. The Labute approximate surface area is 192 Å². The van der Waals surface area contributed by atoms with Crippen LogP contribution >= 0.6 is 11.6 Å². The molecule has 3 heterocycles. The molecule has 32 heavy (non-hydrogen) atoms. The van der Waals surface area contributed by atoms with Gasteiger partial charge in [0.1, 0.15) is 5.75 Å². The Bertz CT molecular complexity index is 1320. The molecule has 2 aliphatic rings. The fraction of sp³-hybridized carbons (Fsp3) is 0.292. The molecule has 0 N–H and O–H groups in total. The standard InChI is InChI=1S/C24H23ClN2O4S/c1-31-20-6-8-21(9-7-20)32(29,30)26-13-16-12-18(15-26)24-22(10-11-23(28)27(24)14-16)17-2-4-19(25)5-3-17/h2-11,16,18H,12-15H2,1H3/t16-,18-/m1/s1. The van der Waals surface area contributed by atoms with Crippen LogP contribution < -0.4 is 10.3 Å². The lowest BCUT2D eigenvalue weighted by Crippen LogP contribution is -2.49. The van der Waals surface area contributed by atoms with Gasteiger partial charge in [-0.2, -0.15) is 4.31 Å². The van der Waals surface area contributed by atoms with Crippen LogP contribution in [0.1, 0.15) is 18.0 Å². The second-order valence-electron chi connectivity index (χ2n) is 8.38. The zero-order chi connectivity index (χ0) is 22.5. The molecule has 8 heteroatoms. The van der Waals surface area contributed by atoms with Crippen LogP contribution in [-0.4, -0.2) is 37.5 Å². The van der Waals surface area contributed by atoms with Gasteiger partial charge in [-0.3, -0.25) is 4.79 Å². The number of hydrogen-bond donors (Lipinski definition) is 0. The second kappa shape index (κ2) is 8.06. The number of nitrogens with zero attached hydrogens (tertiary/aromatic N) is 2. The largest absolute Gasteiger partial charge is 0.497 e. The monoisotopic (exact) mass is 470 g/mol. The molecule has 6 nitrogen and oxygen atoms in total. The van der Waals surface area contributed by atoms with Gasteiger partial charge in [-0.1, -0.05) is 23.7 Å². The molecule has 0 aliphatic carbocycles. The van der Waals surface area contributed by atoms with E-state index in [1.165, 1.54) is 0 Å². The van der Waals surface area contributed by atoms with Crippen LogP contribution in [-0.2, 0) is 16.6 Å². The lowest BCUT2D eigenvalue weighted by atomic mass is 9.81. The SMILES string of the molecule is COc1ccc(S(=O)(=O)N2C[C@H]3C[C@H](C2)c2c(-c4ccc(Cl)cc4)ccc(=O)n2C3)cc1. The number of piperidine rings is 1. The number of sulfonamides is 1. The number of halogens is 1. The smallest absolute Gasteiger partial charge is 0.250 e. The Morgan fingerprint density at radius 2 is 1.66 bits per heavy atom. The summed E-state index contributed by atoms with van der Waals surface area (Å²) < 4.78 is 35.3. The number of fused-ring (bicyclic) bond motifs is 4. The number of ether oxygens (including phenoxy) is 1. The average Bonchev–Trinajstić information content (AvgIpc) is 2.80. The van der Waals surface area contributed by atoms with Crippen molar-refractivity contribution < 1.29 is 13.2 Å². The van der Waals surface area contributed by atoms with Gasteiger partial charge in [-0.05, 0) is 60.4 Å². The van der Waals surface area contributed by atoms with Crippen molar-refractivity contribution in [2.75, 3.05) is 20.2 Å². The van der Waals surface area contributed by atoms with Crippen molar-refractivity contribution in [3.05, 3.63) is 81.7 Å². The number of hydrogen-bond acceptors (Lipinski definition) is 4. The van der Waals surface area contributed by atoms with Gasteiger partial charge in [0.15, 0.2) is 0 Å². The number of aromatic nitrogens is 1. The van der Waals surface area contributed by atoms with E-state index in [-0.39, 0.29) is 22.3 Å². The highest BCUT2D eigenvalue weighted by molar-refractivity contribution is 7.89. The maximum Gasteiger partial charge on any atom is 0.250 e. The molecule has 0 spiro atoms. The van der Waals surface area contributed by atoms with Gasteiger partial charge in [0.25, 0.3) is 5.56 Å². The summed E-state index contributed by atoms with van der Waals surface area (Å²) in [6.07, 6.45) is 0.860. The summed E-state index contributed by atoms with van der Waals surface area (Å²) >= 11 is 6.06. The molecule has 2 atom stereocenters. The van der Waals surface area contributed by atoms with Gasteiger partial charge in [-0.15, -0.1) is 0 Å². The van der Waals surface area contributed by atoms with Gasteiger partial charge in [0.05, 0.1) is 12.0 Å². The summed E-state index contributed by atoms with van der Waals surface area (Å²) in [7, 11) is -2.10. The predicted octanol–water partition coefficient (Wildman–Crippen LogP) is 3.99. The third kappa shape index (κ3) is 3.64. The second-order valence-corrected chi connectivity index (χ2v) is 10.8. The van der Waals surface area contributed by atoms with E-state index in [1.54, 1.807) is 41.7 Å². The average molecular weight is 471 g/mol. The van der Waals surface area contributed by atoms with E-state index >= 15 is 0 Å². The number of rotatable bonds is 4. The van der Waals surface area contributed by atoms with E-state index in [1.807, 2.05) is 34.9 Å². The number of pyridine rings is 1. The maximum absolute atomic E-state index is 13.4. The first-order valence-electron chi connectivity index (χ1n) is 10.5. The van der Waals surface area contributed by atoms with E-state index < -0.39 is 10.0 Å². The van der Waals surface area contributed by atoms with E-state index in [9.17, 15) is 13.2 Å². The zero-order valence-electron chi connectivity index (χ0n) is 17.6. The van der Waals surface area contributed by atoms with E-state index in [2.05, 4.69) is 0 Å². The highest BCUT2D eigenvalue weighted by Gasteiger charge is 2.40. The summed E-state index contributed by atoms with van der Waals surface area (Å²) in [6, 6.07) is 17.4. The molecule has 0 radical (unpaired) electrons. The minimum absolute atomic E-state index is 0.0427. The van der Waals surface area contributed by atoms with E-state index in [0.717, 1.165) is 23.2 Å². The molecule has 0 saturated carbocycles. The third-order valence-electron chi connectivity index (χ3n) is 6.41. The zero-order valence-corrected chi connectivity index (χ0v) is 19.1. The van der Waals surface area contributed by atoms with Gasteiger partial charge in [0.2, 0.25) is 10.0 Å². The molecule has 1 aromatic heterocycles. The quantitative estimate of drug-likeness (QED) is 0.578. The van der Waals surface area contributed by atoms with Crippen molar-refractivity contribution in [2.45, 2.75) is 23.8 Å². The van der Waals surface area contributed by atoms with Crippen LogP contribution in [0, 0.1) is 5.92 Å². The molecule has 1 saturated heterocycles. The molecule has 3 aromatic rings. The lowest BCUT2D eigenvalue weighted by molar-refractivity contribution is 0.187. The Kier molecular flexibility index (Phi) is 5.35. The summed E-state index contributed by atoms with van der Waals surface area (Å²) in [5.41, 5.74) is 2.78.